The van der Waals surface area contributed by atoms with Gasteiger partial charge in [0.05, 0.1) is 0 Å². The third kappa shape index (κ3) is 3.53. The molecule has 2 rings (SSSR count). The summed E-state index contributed by atoms with van der Waals surface area (Å²) in [6.45, 7) is 9.87. The molecule has 0 bridgehead atoms. The molecule has 1 aromatic heterocycles. The summed E-state index contributed by atoms with van der Waals surface area (Å²) in [5.41, 5.74) is 2.42. The highest BCUT2D eigenvalue weighted by molar-refractivity contribution is 5.13. The molecule has 3 nitrogen and oxygen atoms in total. The van der Waals surface area contributed by atoms with Crippen molar-refractivity contribution in [1.82, 2.24) is 15.2 Å². The number of likely N-dealkylation sites (tertiary alicyclic amines) is 1. The molecule has 1 aliphatic rings. The third-order valence-electron chi connectivity index (χ3n) is 3.86. The Kier molecular flexibility index (Phi) is 4.72. The lowest BCUT2D eigenvalue weighted by Gasteiger charge is -2.38. The number of aromatic nitrogens is 1. The number of nitrogens with one attached hydrogen (secondary N) is 1. The predicted molar refractivity (Wildman–Crippen MR) is 75.5 cm³/mol. The summed E-state index contributed by atoms with van der Waals surface area (Å²) < 4.78 is 0. The van der Waals surface area contributed by atoms with Gasteiger partial charge in [0.2, 0.25) is 0 Å². The predicted octanol–water partition coefficient (Wildman–Crippen LogP) is 2.35. The van der Waals surface area contributed by atoms with Crippen LogP contribution < -0.4 is 5.32 Å². The molecule has 2 unspecified atom stereocenters. The number of piperidine rings is 1. The van der Waals surface area contributed by atoms with Crippen LogP contribution in [-0.2, 0) is 6.54 Å². The first kappa shape index (κ1) is 13.5. The maximum atomic E-state index is 4.38. The molecule has 1 aromatic rings. The van der Waals surface area contributed by atoms with Crippen molar-refractivity contribution in [3.05, 3.63) is 29.6 Å². The van der Waals surface area contributed by atoms with E-state index in [9.17, 15) is 0 Å². The molecule has 18 heavy (non-hydrogen) atoms. The number of hydrogen-bond acceptors (Lipinski definition) is 3. The average Bonchev–Trinajstić information content (AvgIpc) is 2.36. The minimum Gasteiger partial charge on any atom is -0.314 e. The number of hydrogen-bond donors (Lipinski definition) is 1. The normalized spacial score (nSPS) is 25.3. The van der Waals surface area contributed by atoms with Crippen LogP contribution in [0.25, 0.3) is 0 Å². The highest BCUT2D eigenvalue weighted by Gasteiger charge is 2.24. The average molecular weight is 247 g/mol. The number of rotatable bonds is 4. The molecule has 1 fully saturated rings. The van der Waals surface area contributed by atoms with Gasteiger partial charge in [0.1, 0.15) is 0 Å². The lowest BCUT2D eigenvalue weighted by atomic mass is 9.97. The van der Waals surface area contributed by atoms with E-state index in [1.54, 1.807) is 0 Å². The molecule has 0 spiro atoms. The molecule has 1 saturated heterocycles. The molecule has 100 valence electrons. The van der Waals surface area contributed by atoms with Gasteiger partial charge in [-0.05, 0) is 44.9 Å². The molecule has 0 aromatic carbocycles. The molecule has 2 atom stereocenters. The van der Waals surface area contributed by atoms with Crippen molar-refractivity contribution in [2.75, 3.05) is 13.1 Å². The van der Waals surface area contributed by atoms with E-state index < -0.39 is 0 Å². The Morgan fingerprint density at radius 1 is 1.44 bits per heavy atom. The van der Waals surface area contributed by atoms with Crippen molar-refractivity contribution in [3.8, 4) is 0 Å². The molecule has 2 heterocycles. The first-order valence-corrected chi connectivity index (χ1v) is 7.08. The molecule has 0 amide bonds. The van der Waals surface area contributed by atoms with Crippen LogP contribution >= 0.6 is 0 Å². The summed E-state index contributed by atoms with van der Waals surface area (Å²) in [5, 5.41) is 3.57. The van der Waals surface area contributed by atoms with Crippen LogP contribution in [0, 0.1) is 6.92 Å². The van der Waals surface area contributed by atoms with Crippen molar-refractivity contribution >= 4 is 0 Å². The zero-order valence-corrected chi connectivity index (χ0v) is 11.8. The highest BCUT2D eigenvalue weighted by atomic mass is 15.2. The SMILES string of the molecule is CCNC1CCN(Cc2ccc(C)nc2)C(C)C1. The Hall–Kier alpha value is -0.930. The standard InChI is InChI=1S/C15H25N3/c1-4-16-15-7-8-18(13(3)9-15)11-14-6-5-12(2)17-10-14/h5-6,10,13,15-16H,4,7-9,11H2,1-3H3. The summed E-state index contributed by atoms with van der Waals surface area (Å²) in [4.78, 5) is 6.94. The molecule has 1 aliphatic heterocycles. The fraction of sp³-hybridized carbons (Fsp3) is 0.667. The molecular formula is C15H25N3. The van der Waals surface area contributed by atoms with Crippen LogP contribution in [0.1, 0.15) is 37.9 Å². The summed E-state index contributed by atoms with van der Waals surface area (Å²) in [5.74, 6) is 0. The van der Waals surface area contributed by atoms with E-state index in [4.69, 9.17) is 0 Å². The smallest absolute Gasteiger partial charge is 0.0372 e. The first-order chi connectivity index (χ1) is 8.69. The van der Waals surface area contributed by atoms with E-state index >= 15 is 0 Å². The first-order valence-electron chi connectivity index (χ1n) is 7.08. The third-order valence-corrected chi connectivity index (χ3v) is 3.86. The summed E-state index contributed by atoms with van der Waals surface area (Å²) in [6.07, 6.45) is 4.53. The van der Waals surface area contributed by atoms with Gasteiger partial charge in [-0.25, -0.2) is 0 Å². The van der Waals surface area contributed by atoms with Crippen molar-refractivity contribution in [3.63, 3.8) is 0 Å². The largest absolute Gasteiger partial charge is 0.314 e. The second-order valence-electron chi connectivity index (χ2n) is 5.41. The Bertz CT molecular complexity index is 361. The Morgan fingerprint density at radius 2 is 2.28 bits per heavy atom. The fourth-order valence-corrected chi connectivity index (χ4v) is 2.76. The monoisotopic (exact) mass is 247 g/mol. The fourth-order valence-electron chi connectivity index (χ4n) is 2.76. The van der Waals surface area contributed by atoms with Crippen molar-refractivity contribution in [2.45, 2.75) is 52.2 Å². The molecule has 0 aliphatic carbocycles. The number of pyridine rings is 1. The summed E-state index contributed by atoms with van der Waals surface area (Å²) in [6, 6.07) is 5.66. The molecule has 0 radical (unpaired) electrons. The van der Waals surface area contributed by atoms with Crippen LogP contribution in [-0.4, -0.2) is 35.1 Å². The van der Waals surface area contributed by atoms with Gasteiger partial charge < -0.3 is 5.32 Å². The van der Waals surface area contributed by atoms with E-state index in [1.807, 2.05) is 13.1 Å². The van der Waals surface area contributed by atoms with Crippen LogP contribution in [0.5, 0.6) is 0 Å². The minimum absolute atomic E-state index is 0.657. The number of aryl methyl sites for hydroxylation is 1. The minimum atomic E-state index is 0.657. The zero-order valence-electron chi connectivity index (χ0n) is 11.8. The summed E-state index contributed by atoms with van der Waals surface area (Å²) >= 11 is 0. The molecule has 1 N–H and O–H groups in total. The summed E-state index contributed by atoms with van der Waals surface area (Å²) in [7, 11) is 0. The van der Waals surface area contributed by atoms with E-state index in [2.05, 4.69) is 41.2 Å². The lowest BCUT2D eigenvalue weighted by Crippen LogP contribution is -2.46. The van der Waals surface area contributed by atoms with Gasteiger partial charge in [0.15, 0.2) is 0 Å². The van der Waals surface area contributed by atoms with Crippen molar-refractivity contribution in [2.24, 2.45) is 0 Å². The van der Waals surface area contributed by atoms with Gasteiger partial charge >= 0.3 is 0 Å². The van der Waals surface area contributed by atoms with E-state index in [0.29, 0.717) is 12.1 Å². The second kappa shape index (κ2) is 6.30. The Morgan fingerprint density at radius 3 is 2.89 bits per heavy atom. The van der Waals surface area contributed by atoms with Crippen LogP contribution in [0.3, 0.4) is 0 Å². The Labute approximate surface area is 111 Å². The van der Waals surface area contributed by atoms with E-state index in [-0.39, 0.29) is 0 Å². The topological polar surface area (TPSA) is 28.2 Å². The van der Waals surface area contributed by atoms with Gasteiger partial charge in [-0.3, -0.25) is 9.88 Å². The van der Waals surface area contributed by atoms with Crippen LogP contribution in [0.15, 0.2) is 18.3 Å². The number of nitrogens with zero attached hydrogens (tertiary/aromatic N) is 2. The molecular weight excluding hydrogens is 222 g/mol. The van der Waals surface area contributed by atoms with Gasteiger partial charge in [-0.2, -0.15) is 0 Å². The van der Waals surface area contributed by atoms with Crippen LogP contribution in [0.2, 0.25) is 0 Å². The second-order valence-corrected chi connectivity index (χ2v) is 5.41. The maximum absolute atomic E-state index is 4.38. The van der Waals surface area contributed by atoms with E-state index in [1.165, 1.54) is 24.9 Å². The lowest BCUT2D eigenvalue weighted by molar-refractivity contribution is 0.129. The van der Waals surface area contributed by atoms with E-state index in [0.717, 1.165) is 18.8 Å². The van der Waals surface area contributed by atoms with Crippen LogP contribution in [0.4, 0.5) is 0 Å². The van der Waals surface area contributed by atoms with Gasteiger partial charge in [-0.15, -0.1) is 0 Å². The molecule has 3 heteroatoms. The Balaban J connectivity index is 1.89. The van der Waals surface area contributed by atoms with Gasteiger partial charge in [-0.1, -0.05) is 13.0 Å². The highest BCUT2D eigenvalue weighted by Crippen LogP contribution is 2.19. The molecule has 0 saturated carbocycles. The maximum Gasteiger partial charge on any atom is 0.0372 e. The zero-order chi connectivity index (χ0) is 13.0. The van der Waals surface area contributed by atoms with Gasteiger partial charge in [0, 0.05) is 37.1 Å². The van der Waals surface area contributed by atoms with Crippen molar-refractivity contribution < 1.29 is 0 Å². The van der Waals surface area contributed by atoms with Crippen molar-refractivity contribution in [1.29, 1.82) is 0 Å². The quantitative estimate of drug-likeness (QED) is 0.885. The van der Waals surface area contributed by atoms with Gasteiger partial charge in [0.25, 0.3) is 0 Å².